The number of benzene rings is 1. The lowest BCUT2D eigenvalue weighted by Gasteiger charge is -2.30. The average molecular weight is 354 g/mol. The average Bonchev–Trinajstić information content (AvgIpc) is 3.19. The Balaban J connectivity index is 1.44. The minimum atomic E-state index is 0.00196. The topological polar surface area (TPSA) is 49.4 Å². The predicted octanol–water partition coefficient (Wildman–Crippen LogP) is 3.32. The van der Waals surface area contributed by atoms with E-state index in [1.165, 1.54) is 0 Å². The van der Waals surface area contributed by atoms with E-state index in [0.29, 0.717) is 19.6 Å². The first-order chi connectivity index (χ1) is 12.2. The van der Waals surface area contributed by atoms with E-state index >= 15 is 0 Å². The highest BCUT2D eigenvalue weighted by Gasteiger charge is 2.26. The Bertz CT molecular complexity index is 717. The van der Waals surface area contributed by atoms with Gasteiger partial charge in [-0.1, -0.05) is 36.4 Å². The highest BCUT2D eigenvalue weighted by molar-refractivity contribution is 7.09. The van der Waals surface area contributed by atoms with Gasteiger partial charge in [-0.05, 0) is 35.9 Å². The van der Waals surface area contributed by atoms with Gasteiger partial charge in [-0.15, -0.1) is 11.3 Å². The summed E-state index contributed by atoms with van der Waals surface area (Å²) in [7, 11) is 0. The molecule has 5 heteroatoms. The molecule has 1 aliphatic rings. The lowest BCUT2D eigenvalue weighted by Crippen LogP contribution is -2.42. The number of nitrogens with zero attached hydrogens (tertiary/aromatic N) is 1. The minimum absolute atomic E-state index is 0.00196. The fourth-order valence-electron chi connectivity index (χ4n) is 2.93. The number of amides is 2. The molecule has 1 fully saturated rings. The van der Waals surface area contributed by atoms with E-state index in [4.69, 9.17) is 0 Å². The van der Waals surface area contributed by atoms with Gasteiger partial charge in [0.05, 0.1) is 6.54 Å². The molecule has 0 spiro atoms. The van der Waals surface area contributed by atoms with Crippen LogP contribution >= 0.6 is 11.3 Å². The molecule has 0 radical (unpaired) electrons. The second-order valence-corrected chi connectivity index (χ2v) is 7.17. The maximum atomic E-state index is 12.3. The van der Waals surface area contributed by atoms with Crippen LogP contribution in [0.3, 0.4) is 0 Å². The Hall–Kier alpha value is -2.40. The van der Waals surface area contributed by atoms with E-state index in [9.17, 15) is 9.59 Å². The van der Waals surface area contributed by atoms with Crippen molar-refractivity contribution in [3.8, 4) is 0 Å². The summed E-state index contributed by atoms with van der Waals surface area (Å²) in [5, 5.41) is 5.01. The van der Waals surface area contributed by atoms with Crippen molar-refractivity contribution in [2.45, 2.75) is 19.4 Å². The lowest BCUT2D eigenvalue weighted by atomic mass is 9.96. The van der Waals surface area contributed by atoms with Gasteiger partial charge in [0.1, 0.15) is 0 Å². The van der Waals surface area contributed by atoms with Crippen LogP contribution in [0.1, 0.15) is 23.3 Å². The Morgan fingerprint density at radius 2 is 1.88 bits per heavy atom. The number of nitrogens with one attached hydrogen (secondary N) is 1. The second-order valence-electron chi connectivity index (χ2n) is 6.14. The molecule has 1 N–H and O–H groups in total. The summed E-state index contributed by atoms with van der Waals surface area (Å²) < 4.78 is 0. The zero-order valence-corrected chi connectivity index (χ0v) is 14.9. The van der Waals surface area contributed by atoms with E-state index in [2.05, 4.69) is 5.32 Å². The smallest absolute Gasteiger partial charge is 0.246 e. The third-order valence-corrected chi connectivity index (χ3v) is 5.29. The Morgan fingerprint density at radius 3 is 2.56 bits per heavy atom. The van der Waals surface area contributed by atoms with Crippen LogP contribution in [-0.4, -0.2) is 29.8 Å². The molecule has 2 heterocycles. The SMILES string of the molecule is O=C(NCc1cccs1)C1CCN(C(=O)/C=C\c2ccccc2)CC1. The van der Waals surface area contributed by atoms with Gasteiger partial charge in [0, 0.05) is 30.0 Å². The minimum Gasteiger partial charge on any atom is -0.351 e. The molecule has 4 nitrogen and oxygen atoms in total. The van der Waals surface area contributed by atoms with Gasteiger partial charge in [-0.2, -0.15) is 0 Å². The van der Waals surface area contributed by atoms with Gasteiger partial charge in [0.2, 0.25) is 11.8 Å². The summed E-state index contributed by atoms with van der Waals surface area (Å²) in [6.07, 6.45) is 4.90. The number of thiophene rings is 1. The number of likely N-dealkylation sites (tertiary alicyclic amines) is 1. The van der Waals surface area contributed by atoms with Crippen LogP contribution in [0.25, 0.3) is 6.08 Å². The standard InChI is InChI=1S/C20H22N2O2S/c23-19(9-8-16-5-2-1-3-6-16)22-12-10-17(11-13-22)20(24)21-15-18-7-4-14-25-18/h1-9,14,17H,10-13,15H2,(H,21,24)/b9-8-. The summed E-state index contributed by atoms with van der Waals surface area (Å²) in [4.78, 5) is 27.5. The molecular formula is C20H22N2O2S. The maximum absolute atomic E-state index is 12.3. The fraction of sp³-hybridized carbons (Fsp3) is 0.300. The largest absolute Gasteiger partial charge is 0.351 e. The van der Waals surface area contributed by atoms with Crippen LogP contribution < -0.4 is 5.32 Å². The van der Waals surface area contributed by atoms with E-state index in [1.54, 1.807) is 17.4 Å². The molecule has 0 unspecified atom stereocenters. The zero-order chi connectivity index (χ0) is 17.5. The van der Waals surface area contributed by atoms with Gasteiger partial charge < -0.3 is 10.2 Å². The lowest BCUT2D eigenvalue weighted by molar-refractivity contribution is -0.132. The van der Waals surface area contributed by atoms with Crippen LogP contribution in [0.15, 0.2) is 53.9 Å². The van der Waals surface area contributed by atoms with Crippen molar-refractivity contribution in [3.63, 3.8) is 0 Å². The number of piperidine rings is 1. The van der Waals surface area contributed by atoms with Crippen molar-refractivity contribution in [2.24, 2.45) is 5.92 Å². The number of hydrogen-bond donors (Lipinski definition) is 1. The third-order valence-electron chi connectivity index (χ3n) is 4.41. The Labute approximate surface area is 152 Å². The summed E-state index contributed by atoms with van der Waals surface area (Å²) in [5.74, 6) is 0.115. The van der Waals surface area contributed by atoms with Crippen LogP contribution in [0, 0.1) is 5.92 Å². The summed E-state index contributed by atoms with van der Waals surface area (Å²) in [5.41, 5.74) is 1.01. The molecule has 1 aromatic heterocycles. The van der Waals surface area contributed by atoms with Gasteiger partial charge in [-0.25, -0.2) is 0 Å². The van der Waals surface area contributed by atoms with Crippen LogP contribution in [0.5, 0.6) is 0 Å². The Kier molecular flexibility index (Phi) is 6.01. The molecule has 130 valence electrons. The van der Waals surface area contributed by atoms with Crippen LogP contribution in [0.2, 0.25) is 0 Å². The normalized spacial score (nSPS) is 15.4. The summed E-state index contributed by atoms with van der Waals surface area (Å²) in [6, 6.07) is 13.8. The monoisotopic (exact) mass is 354 g/mol. The van der Waals surface area contributed by atoms with Crippen molar-refractivity contribution in [1.82, 2.24) is 10.2 Å². The Morgan fingerprint density at radius 1 is 1.12 bits per heavy atom. The van der Waals surface area contributed by atoms with E-state index in [0.717, 1.165) is 23.3 Å². The van der Waals surface area contributed by atoms with E-state index < -0.39 is 0 Å². The van der Waals surface area contributed by atoms with Crippen molar-refractivity contribution < 1.29 is 9.59 Å². The molecule has 0 saturated carbocycles. The highest BCUT2D eigenvalue weighted by atomic mass is 32.1. The molecule has 0 bridgehead atoms. The quantitative estimate of drug-likeness (QED) is 0.838. The first kappa shape index (κ1) is 17.4. The van der Waals surface area contributed by atoms with E-state index in [1.807, 2.05) is 58.8 Å². The molecule has 0 atom stereocenters. The van der Waals surface area contributed by atoms with Crippen molar-refractivity contribution in [2.75, 3.05) is 13.1 Å². The fourth-order valence-corrected chi connectivity index (χ4v) is 3.58. The summed E-state index contributed by atoms with van der Waals surface area (Å²) >= 11 is 1.64. The molecule has 0 aliphatic carbocycles. The first-order valence-corrected chi connectivity index (χ1v) is 9.42. The van der Waals surface area contributed by atoms with Gasteiger partial charge in [0.25, 0.3) is 0 Å². The van der Waals surface area contributed by atoms with Gasteiger partial charge in [-0.3, -0.25) is 9.59 Å². The van der Waals surface area contributed by atoms with Crippen LogP contribution in [-0.2, 0) is 16.1 Å². The predicted molar refractivity (Wildman–Crippen MR) is 101 cm³/mol. The van der Waals surface area contributed by atoms with Crippen molar-refractivity contribution in [3.05, 3.63) is 64.4 Å². The number of hydrogen-bond acceptors (Lipinski definition) is 3. The first-order valence-electron chi connectivity index (χ1n) is 8.54. The number of carbonyl (C=O) groups excluding carboxylic acids is 2. The van der Waals surface area contributed by atoms with Crippen LogP contribution in [0.4, 0.5) is 0 Å². The summed E-state index contributed by atoms with van der Waals surface area (Å²) in [6.45, 7) is 1.86. The van der Waals surface area contributed by atoms with Crippen molar-refractivity contribution >= 4 is 29.2 Å². The molecule has 25 heavy (non-hydrogen) atoms. The molecule has 3 rings (SSSR count). The van der Waals surface area contributed by atoms with Gasteiger partial charge >= 0.3 is 0 Å². The number of carbonyl (C=O) groups is 2. The molecule has 1 saturated heterocycles. The van der Waals surface area contributed by atoms with Crippen molar-refractivity contribution in [1.29, 1.82) is 0 Å². The third kappa shape index (κ3) is 5.03. The van der Waals surface area contributed by atoms with Gasteiger partial charge in [0.15, 0.2) is 0 Å². The molecule has 1 aromatic carbocycles. The molecule has 2 aromatic rings. The molecular weight excluding hydrogens is 332 g/mol. The molecule has 2 amide bonds. The number of rotatable bonds is 5. The maximum Gasteiger partial charge on any atom is 0.246 e. The van der Waals surface area contributed by atoms with E-state index in [-0.39, 0.29) is 17.7 Å². The highest BCUT2D eigenvalue weighted by Crippen LogP contribution is 2.18. The molecule has 1 aliphatic heterocycles. The second kappa shape index (κ2) is 8.62. The zero-order valence-electron chi connectivity index (χ0n) is 14.1.